The number of carboxylic acid groups (broad SMARTS) is 1. The van der Waals surface area contributed by atoms with E-state index in [0.29, 0.717) is 19.4 Å². The van der Waals surface area contributed by atoms with Crippen molar-refractivity contribution in [3.63, 3.8) is 0 Å². The topological polar surface area (TPSA) is 105 Å². The molecular weight excluding hydrogens is 508 g/mol. The molecule has 208 valence electrons. The maximum atomic E-state index is 13.7. The second-order valence-corrected chi connectivity index (χ2v) is 10.3. The molecule has 0 aromatic heterocycles. The number of likely N-dealkylation sites (tertiary alicyclic amines) is 1. The van der Waals surface area contributed by atoms with Crippen molar-refractivity contribution < 1.29 is 29.0 Å². The number of alkyl carbamates (subject to hydrolysis) is 1. The van der Waals surface area contributed by atoms with Gasteiger partial charge in [-0.05, 0) is 54.0 Å². The average Bonchev–Trinajstić information content (AvgIpc) is 3.31. The van der Waals surface area contributed by atoms with Crippen LogP contribution in [0.25, 0.3) is 11.1 Å². The van der Waals surface area contributed by atoms with E-state index in [1.165, 1.54) is 4.90 Å². The monoisotopic (exact) mass is 542 g/mol. The van der Waals surface area contributed by atoms with Gasteiger partial charge in [0.2, 0.25) is 5.91 Å². The smallest absolute Gasteiger partial charge is 0.407 e. The first kappa shape index (κ1) is 27.4. The van der Waals surface area contributed by atoms with Gasteiger partial charge < -0.3 is 24.8 Å². The van der Waals surface area contributed by atoms with E-state index in [-0.39, 0.29) is 19.1 Å². The summed E-state index contributed by atoms with van der Waals surface area (Å²) >= 11 is 0. The number of nitrogens with one attached hydrogen (secondary N) is 1. The molecule has 1 heterocycles. The molecule has 2 unspecified atom stereocenters. The lowest BCUT2D eigenvalue weighted by atomic mass is 9.98. The highest BCUT2D eigenvalue weighted by Gasteiger charge is 2.39. The van der Waals surface area contributed by atoms with E-state index in [0.717, 1.165) is 34.2 Å². The Morgan fingerprint density at radius 3 is 2.20 bits per heavy atom. The number of piperidine rings is 1. The molecule has 2 aliphatic rings. The van der Waals surface area contributed by atoms with E-state index in [1.54, 1.807) is 6.92 Å². The highest BCUT2D eigenvalue weighted by molar-refractivity contribution is 5.90. The highest BCUT2D eigenvalue weighted by Crippen LogP contribution is 2.44. The lowest BCUT2D eigenvalue weighted by Crippen LogP contribution is -2.59. The third kappa shape index (κ3) is 5.87. The SMILES string of the molecule is CC(OCc1ccccc1)C(NC(=O)OCC1c2ccccc2-c2ccccc21)C(=O)N1CCCC[C@H]1C(=O)O. The van der Waals surface area contributed by atoms with Gasteiger partial charge in [-0.1, -0.05) is 78.9 Å². The molecule has 0 saturated carbocycles. The first-order valence-electron chi connectivity index (χ1n) is 13.7. The summed E-state index contributed by atoms with van der Waals surface area (Å²) in [5, 5.41) is 12.5. The maximum Gasteiger partial charge on any atom is 0.407 e. The molecule has 0 radical (unpaired) electrons. The van der Waals surface area contributed by atoms with Crippen LogP contribution in [0.3, 0.4) is 0 Å². The minimum Gasteiger partial charge on any atom is -0.480 e. The molecule has 40 heavy (non-hydrogen) atoms. The molecule has 0 spiro atoms. The standard InChI is InChI=1S/C32H34N2O6/c1-21(39-19-22-11-3-2-4-12-22)29(30(35)34-18-10-9-17-28(34)31(36)37)33-32(38)40-20-27-25-15-7-5-13-23(25)24-14-6-8-16-26(24)27/h2-8,11-16,21,27-29H,9-10,17-20H2,1H3,(H,33,38)(H,36,37)/t21?,28-,29?/m0/s1. The van der Waals surface area contributed by atoms with Crippen LogP contribution >= 0.6 is 0 Å². The van der Waals surface area contributed by atoms with Crippen LogP contribution in [0.15, 0.2) is 78.9 Å². The number of fused-ring (bicyclic) bond motifs is 3. The van der Waals surface area contributed by atoms with Gasteiger partial charge in [0.15, 0.2) is 0 Å². The van der Waals surface area contributed by atoms with Crippen LogP contribution in [0, 0.1) is 0 Å². The molecule has 1 aliphatic carbocycles. The number of hydrogen-bond acceptors (Lipinski definition) is 5. The van der Waals surface area contributed by atoms with Crippen molar-refractivity contribution in [2.75, 3.05) is 13.2 Å². The number of rotatable bonds is 9. The molecule has 2 N–H and O–H groups in total. The molecule has 5 rings (SSSR count). The summed E-state index contributed by atoms with van der Waals surface area (Å²) in [5.41, 5.74) is 5.33. The van der Waals surface area contributed by atoms with E-state index >= 15 is 0 Å². The normalized spacial score (nSPS) is 17.8. The number of benzene rings is 3. The Balaban J connectivity index is 1.31. The van der Waals surface area contributed by atoms with Crippen molar-refractivity contribution in [2.45, 2.75) is 56.9 Å². The quantitative estimate of drug-likeness (QED) is 0.396. The number of ether oxygens (including phenoxy) is 2. The van der Waals surface area contributed by atoms with Crippen molar-refractivity contribution in [1.82, 2.24) is 10.2 Å². The Hall–Kier alpha value is -4.17. The molecular formula is C32H34N2O6. The Morgan fingerprint density at radius 2 is 1.55 bits per heavy atom. The minimum absolute atomic E-state index is 0.0987. The predicted molar refractivity (Wildman–Crippen MR) is 150 cm³/mol. The van der Waals surface area contributed by atoms with Crippen molar-refractivity contribution in [2.24, 2.45) is 0 Å². The zero-order valence-electron chi connectivity index (χ0n) is 22.5. The van der Waals surface area contributed by atoms with Crippen LogP contribution in [0.5, 0.6) is 0 Å². The van der Waals surface area contributed by atoms with Crippen LogP contribution in [0.1, 0.15) is 48.8 Å². The minimum atomic E-state index is -1.11. The molecule has 8 nitrogen and oxygen atoms in total. The molecule has 8 heteroatoms. The molecule has 1 aliphatic heterocycles. The van der Waals surface area contributed by atoms with Gasteiger partial charge in [0.1, 0.15) is 18.7 Å². The van der Waals surface area contributed by atoms with Crippen LogP contribution in [-0.2, 0) is 25.7 Å². The fourth-order valence-corrected chi connectivity index (χ4v) is 5.68. The van der Waals surface area contributed by atoms with Gasteiger partial charge in [0.25, 0.3) is 0 Å². The Bertz CT molecular complexity index is 1310. The van der Waals surface area contributed by atoms with E-state index < -0.39 is 36.2 Å². The van der Waals surface area contributed by atoms with Crippen molar-refractivity contribution in [3.05, 3.63) is 95.6 Å². The fourth-order valence-electron chi connectivity index (χ4n) is 5.68. The summed E-state index contributed by atoms with van der Waals surface area (Å²) in [7, 11) is 0. The Morgan fingerprint density at radius 1 is 0.925 bits per heavy atom. The van der Waals surface area contributed by atoms with E-state index in [1.807, 2.05) is 66.7 Å². The summed E-state index contributed by atoms with van der Waals surface area (Å²) in [6.45, 7) is 2.35. The second-order valence-electron chi connectivity index (χ2n) is 10.3. The predicted octanol–water partition coefficient (Wildman–Crippen LogP) is 4.96. The number of hydrogen-bond donors (Lipinski definition) is 2. The van der Waals surface area contributed by atoms with Gasteiger partial charge >= 0.3 is 12.1 Å². The molecule has 1 saturated heterocycles. The summed E-state index contributed by atoms with van der Waals surface area (Å²) in [4.78, 5) is 40.1. The van der Waals surface area contributed by atoms with Crippen LogP contribution < -0.4 is 5.32 Å². The van der Waals surface area contributed by atoms with E-state index in [4.69, 9.17) is 9.47 Å². The van der Waals surface area contributed by atoms with Crippen molar-refractivity contribution >= 4 is 18.0 Å². The summed E-state index contributed by atoms with van der Waals surface area (Å²) < 4.78 is 11.7. The third-order valence-corrected chi connectivity index (χ3v) is 7.78. The van der Waals surface area contributed by atoms with Gasteiger partial charge in [0, 0.05) is 12.5 Å². The molecule has 1 fully saturated rings. The fraction of sp³-hybridized carbons (Fsp3) is 0.344. The van der Waals surface area contributed by atoms with Gasteiger partial charge in [-0.25, -0.2) is 9.59 Å². The van der Waals surface area contributed by atoms with Crippen LogP contribution in [-0.4, -0.2) is 59.3 Å². The van der Waals surface area contributed by atoms with Crippen molar-refractivity contribution in [1.29, 1.82) is 0 Å². The van der Waals surface area contributed by atoms with Gasteiger partial charge in [-0.2, -0.15) is 0 Å². The van der Waals surface area contributed by atoms with Crippen LogP contribution in [0.4, 0.5) is 4.79 Å². The van der Waals surface area contributed by atoms with E-state index in [9.17, 15) is 19.5 Å². The third-order valence-electron chi connectivity index (χ3n) is 7.78. The zero-order valence-corrected chi connectivity index (χ0v) is 22.5. The number of carbonyl (C=O) groups is 3. The summed E-state index contributed by atoms with van der Waals surface area (Å²) in [6.07, 6.45) is 0.319. The van der Waals surface area contributed by atoms with Gasteiger partial charge in [0.05, 0.1) is 12.7 Å². The summed E-state index contributed by atoms with van der Waals surface area (Å²) in [6, 6.07) is 23.6. The lowest BCUT2D eigenvalue weighted by molar-refractivity contribution is -0.154. The van der Waals surface area contributed by atoms with E-state index in [2.05, 4.69) is 17.4 Å². The molecule has 3 aromatic carbocycles. The Kier molecular flexibility index (Phi) is 8.45. The highest BCUT2D eigenvalue weighted by atomic mass is 16.5. The first-order chi connectivity index (χ1) is 19.4. The first-order valence-corrected chi connectivity index (χ1v) is 13.7. The van der Waals surface area contributed by atoms with Crippen LogP contribution in [0.2, 0.25) is 0 Å². The molecule has 2 amide bonds. The summed E-state index contributed by atoms with van der Waals surface area (Å²) in [5.74, 6) is -1.66. The number of carbonyl (C=O) groups excluding carboxylic acids is 2. The number of nitrogens with zero attached hydrogens (tertiary/aromatic N) is 1. The molecule has 3 aromatic rings. The number of amides is 2. The average molecular weight is 543 g/mol. The maximum absolute atomic E-state index is 13.7. The van der Waals surface area contributed by atoms with Crippen molar-refractivity contribution in [3.8, 4) is 11.1 Å². The largest absolute Gasteiger partial charge is 0.480 e. The Labute approximate surface area is 233 Å². The molecule has 0 bridgehead atoms. The molecule has 3 atom stereocenters. The van der Waals surface area contributed by atoms with Gasteiger partial charge in [-0.3, -0.25) is 4.79 Å². The number of aliphatic carboxylic acids is 1. The zero-order chi connectivity index (χ0) is 28.1. The van der Waals surface area contributed by atoms with Gasteiger partial charge in [-0.15, -0.1) is 0 Å². The second kappa shape index (κ2) is 12.3. The lowest BCUT2D eigenvalue weighted by Gasteiger charge is -2.36. The number of carboxylic acids is 1.